The van der Waals surface area contributed by atoms with Gasteiger partial charge >= 0.3 is 0 Å². The van der Waals surface area contributed by atoms with Gasteiger partial charge in [0, 0.05) is 11.4 Å². The van der Waals surface area contributed by atoms with E-state index in [0.29, 0.717) is 23.8 Å². The standard InChI is InChI=1S/C33H31N3O4/c1-25(21-31(37)34-29-17-19-30(20-18-29)40-24-28-15-9-4-10-16-28)35-36(32(38)22-26-11-5-2-6-12-26)33(39)23-27-13-7-3-8-14-27/h2-20H,21-24H2,1H3,(H,34,37)/b35-25-. The molecule has 0 bridgehead atoms. The molecule has 202 valence electrons. The van der Waals surface area contributed by atoms with Crippen LogP contribution in [-0.2, 0) is 33.8 Å². The van der Waals surface area contributed by atoms with Crippen LogP contribution in [0.2, 0.25) is 0 Å². The minimum absolute atomic E-state index is 0.0169. The van der Waals surface area contributed by atoms with Crippen molar-refractivity contribution in [1.29, 1.82) is 0 Å². The van der Waals surface area contributed by atoms with Gasteiger partial charge < -0.3 is 10.1 Å². The molecule has 0 heterocycles. The third-order valence-electron chi connectivity index (χ3n) is 5.94. The predicted octanol–water partition coefficient (Wildman–Crippen LogP) is 5.81. The summed E-state index contributed by atoms with van der Waals surface area (Å²) >= 11 is 0. The Labute approximate surface area is 234 Å². The van der Waals surface area contributed by atoms with E-state index in [-0.39, 0.29) is 25.2 Å². The first-order valence-corrected chi connectivity index (χ1v) is 13.0. The van der Waals surface area contributed by atoms with Crippen molar-refractivity contribution in [1.82, 2.24) is 5.01 Å². The summed E-state index contributed by atoms with van der Waals surface area (Å²) in [6.45, 7) is 2.07. The number of rotatable bonds is 11. The molecule has 7 nitrogen and oxygen atoms in total. The highest BCUT2D eigenvalue weighted by atomic mass is 16.5. The number of hydrogen-bond donors (Lipinski definition) is 1. The molecule has 7 heteroatoms. The summed E-state index contributed by atoms with van der Waals surface area (Å²) in [6.07, 6.45) is -0.0495. The van der Waals surface area contributed by atoms with Crippen LogP contribution in [0.25, 0.3) is 0 Å². The summed E-state index contributed by atoms with van der Waals surface area (Å²) in [5.41, 5.74) is 3.54. The highest BCUT2D eigenvalue weighted by Gasteiger charge is 2.22. The SMILES string of the molecule is C/C(CC(=O)Nc1ccc(OCc2ccccc2)cc1)=N/N(C(=O)Cc1ccccc1)C(=O)Cc1ccccc1. The third kappa shape index (κ3) is 8.77. The van der Waals surface area contributed by atoms with Crippen LogP contribution < -0.4 is 10.1 Å². The van der Waals surface area contributed by atoms with Crippen LogP contribution in [0.5, 0.6) is 5.75 Å². The molecule has 4 rings (SSSR count). The van der Waals surface area contributed by atoms with Crippen molar-refractivity contribution in [2.24, 2.45) is 5.10 Å². The van der Waals surface area contributed by atoms with Crippen LogP contribution in [0.15, 0.2) is 120 Å². The Balaban J connectivity index is 1.38. The zero-order chi connectivity index (χ0) is 28.2. The van der Waals surface area contributed by atoms with Crippen LogP contribution in [0.4, 0.5) is 5.69 Å². The second kappa shape index (κ2) is 14.2. The fraction of sp³-hybridized carbons (Fsp3) is 0.152. The van der Waals surface area contributed by atoms with Gasteiger partial charge in [0.25, 0.3) is 11.8 Å². The molecule has 0 aliphatic heterocycles. The Kier molecular flexibility index (Phi) is 9.94. The van der Waals surface area contributed by atoms with Crippen LogP contribution in [0.3, 0.4) is 0 Å². The molecule has 0 spiro atoms. The summed E-state index contributed by atoms with van der Waals surface area (Å²) in [5, 5.41) is 8.00. The van der Waals surface area contributed by atoms with E-state index in [1.807, 2.05) is 91.0 Å². The first kappa shape index (κ1) is 28.0. The largest absolute Gasteiger partial charge is 0.489 e. The van der Waals surface area contributed by atoms with E-state index in [1.54, 1.807) is 31.2 Å². The number of carbonyl (C=O) groups is 3. The zero-order valence-corrected chi connectivity index (χ0v) is 22.3. The summed E-state index contributed by atoms with van der Waals surface area (Å²) < 4.78 is 5.79. The van der Waals surface area contributed by atoms with Gasteiger partial charge in [0.1, 0.15) is 12.4 Å². The lowest BCUT2D eigenvalue weighted by Crippen LogP contribution is -2.36. The average molecular weight is 534 g/mol. The lowest BCUT2D eigenvalue weighted by atomic mass is 10.1. The number of hydrazone groups is 1. The van der Waals surface area contributed by atoms with Crippen molar-refractivity contribution in [2.75, 3.05) is 5.32 Å². The molecule has 0 saturated carbocycles. The Morgan fingerprint density at radius 3 is 1.65 bits per heavy atom. The highest BCUT2D eigenvalue weighted by Crippen LogP contribution is 2.17. The Hall–Kier alpha value is -5.04. The molecule has 0 aliphatic carbocycles. The van der Waals surface area contributed by atoms with Crippen molar-refractivity contribution in [2.45, 2.75) is 32.8 Å². The van der Waals surface area contributed by atoms with Gasteiger partial charge in [-0.15, -0.1) is 0 Å². The van der Waals surface area contributed by atoms with Crippen molar-refractivity contribution in [3.63, 3.8) is 0 Å². The van der Waals surface area contributed by atoms with Gasteiger partial charge in [0.05, 0.1) is 19.3 Å². The van der Waals surface area contributed by atoms with Gasteiger partial charge in [-0.25, -0.2) is 0 Å². The molecular weight excluding hydrogens is 502 g/mol. The number of benzene rings is 4. The molecule has 0 saturated heterocycles. The van der Waals surface area contributed by atoms with Crippen molar-refractivity contribution >= 4 is 29.1 Å². The van der Waals surface area contributed by atoms with Gasteiger partial charge in [-0.3, -0.25) is 14.4 Å². The molecule has 0 fully saturated rings. The topological polar surface area (TPSA) is 88.1 Å². The van der Waals surface area contributed by atoms with E-state index < -0.39 is 11.8 Å². The molecule has 1 N–H and O–H groups in total. The number of nitrogens with zero attached hydrogens (tertiary/aromatic N) is 2. The van der Waals surface area contributed by atoms with E-state index in [9.17, 15) is 14.4 Å². The molecule has 0 unspecified atom stereocenters. The maximum Gasteiger partial charge on any atom is 0.254 e. The fourth-order valence-electron chi connectivity index (χ4n) is 3.96. The third-order valence-corrected chi connectivity index (χ3v) is 5.94. The van der Waals surface area contributed by atoms with E-state index in [1.165, 1.54) is 0 Å². The number of nitrogens with one attached hydrogen (secondary N) is 1. The molecule has 0 atom stereocenters. The van der Waals surface area contributed by atoms with Crippen molar-refractivity contribution < 1.29 is 19.1 Å². The van der Waals surface area contributed by atoms with E-state index in [0.717, 1.165) is 21.7 Å². The van der Waals surface area contributed by atoms with E-state index >= 15 is 0 Å². The van der Waals surface area contributed by atoms with Gasteiger partial charge in [0.15, 0.2) is 0 Å². The molecule has 4 aromatic rings. The monoisotopic (exact) mass is 533 g/mol. The van der Waals surface area contributed by atoms with Gasteiger partial charge in [-0.05, 0) is 47.9 Å². The van der Waals surface area contributed by atoms with Crippen molar-refractivity contribution in [3.05, 3.63) is 132 Å². The second-order valence-corrected chi connectivity index (χ2v) is 9.28. The van der Waals surface area contributed by atoms with Crippen LogP contribution in [0.1, 0.15) is 30.0 Å². The molecule has 0 radical (unpaired) electrons. The molecular formula is C33H31N3O4. The van der Waals surface area contributed by atoms with Gasteiger partial charge in [-0.2, -0.15) is 10.1 Å². The lowest BCUT2D eigenvalue weighted by molar-refractivity contribution is -0.144. The Morgan fingerprint density at radius 2 is 1.15 bits per heavy atom. The first-order valence-electron chi connectivity index (χ1n) is 13.0. The summed E-state index contributed by atoms with van der Waals surface area (Å²) in [6, 6.07) is 35.3. The van der Waals surface area contributed by atoms with Gasteiger partial charge in [0.2, 0.25) is 5.91 Å². The smallest absolute Gasteiger partial charge is 0.254 e. The van der Waals surface area contributed by atoms with Crippen LogP contribution in [-0.4, -0.2) is 28.4 Å². The number of hydrogen-bond acceptors (Lipinski definition) is 5. The minimum atomic E-state index is -0.460. The van der Waals surface area contributed by atoms with Crippen LogP contribution in [0, 0.1) is 0 Å². The Morgan fingerprint density at radius 1 is 0.675 bits per heavy atom. The number of ether oxygens (including phenoxy) is 1. The summed E-state index contributed by atoms with van der Waals surface area (Å²) in [4.78, 5) is 38.9. The van der Waals surface area contributed by atoms with Crippen LogP contribution >= 0.6 is 0 Å². The predicted molar refractivity (Wildman–Crippen MR) is 156 cm³/mol. The van der Waals surface area contributed by atoms with Gasteiger partial charge in [-0.1, -0.05) is 91.0 Å². The number of carbonyl (C=O) groups excluding carboxylic acids is 3. The second-order valence-electron chi connectivity index (χ2n) is 9.28. The molecule has 4 aromatic carbocycles. The highest BCUT2D eigenvalue weighted by molar-refractivity contribution is 6.07. The number of imide groups is 1. The molecule has 3 amide bonds. The van der Waals surface area contributed by atoms with E-state index in [2.05, 4.69) is 10.4 Å². The van der Waals surface area contributed by atoms with Crippen molar-refractivity contribution in [3.8, 4) is 5.75 Å². The quantitative estimate of drug-likeness (QED) is 0.195. The van der Waals surface area contributed by atoms with E-state index in [4.69, 9.17) is 4.74 Å². The maximum absolute atomic E-state index is 13.1. The first-order chi connectivity index (χ1) is 19.5. The normalized spacial score (nSPS) is 11.0. The Bertz CT molecular complexity index is 1380. The zero-order valence-electron chi connectivity index (χ0n) is 22.3. The lowest BCUT2D eigenvalue weighted by Gasteiger charge is -2.17. The minimum Gasteiger partial charge on any atom is -0.489 e. The fourth-order valence-corrected chi connectivity index (χ4v) is 3.96. The summed E-state index contributed by atoms with van der Waals surface area (Å²) in [7, 11) is 0. The maximum atomic E-state index is 13.1. The summed E-state index contributed by atoms with van der Waals surface area (Å²) in [5.74, 6) is -0.551. The number of anilines is 1. The molecule has 40 heavy (non-hydrogen) atoms. The number of amides is 3. The molecule has 0 aromatic heterocycles. The molecule has 0 aliphatic rings. The average Bonchev–Trinajstić information content (AvgIpc) is 2.97.